The number of carboxylic acids is 1. The van der Waals surface area contributed by atoms with E-state index in [4.69, 9.17) is 10.2 Å². The minimum absolute atomic E-state index is 0.0417. The van der Waals surface area contributed by atoms with Gasteiger partial charge in [-0.15, -0.1) is 11.8 Å². The van der Waals surface area contributed by atoms with Gasteiger partial charge < -0.3 is 15.7 Å². The van der Waals surface area contributed by atoms with Crippen LogP contribution in [0.25, 0.3) is 0 Å². The van der Waals surface area contributed by atoms with Gasteiger partial charge in [-0.25, -0.2) is 13.6 Å². The molecule has 5 N–H and O–H groups in total. The summed E-state index contributed by atoms with van der Waals surface area (Å²) < 4.78 is 22.4. The van der Waals surface area contributed by atoms with Crippen molar-refractivity contribution in [2.75, 3.05) is 16.4 Å². The first kappa shape index (κ1) is 22.4. The number of aliphatic carboxylic acids is 1. The second kappa shape index (κ2) is 10.0. The summed E-state index contributed by atoms with van der Waals surface area (Å²) in [4.78, 5) is 34.8. The molecule has 9 nitrogen and oxygen atoms in total. The molecule has 0 aliphatic heterocycles. The lowest BCUT2D eigenvalue weighted by molar-refractivity contribution is -0.138. The first-order valence-electron chi connectivity index (χ1n) is 8.31. The first-order valence-corrected chi connectivity index (χ1v) is 10.8. The van der Waals surface area contributed by atoms with E-state index >= 15 is 0 Å². The van der Waals surface area contributed by atoms with E-state index in [0.29, 0.717) is 11.4 Å². The number of amides is 2. The normalized spacial score (nSPS) is 10.9. The summed E-state index contributed by atoms with van der Waals surface area (Å²) in [7, 11) is -3.78. The van der Waals surface area contributed by atoms with Crippen LogP contribution in [0.2, 0.25) is 0 Å². The number of anilines is 2. The maximum Gasteiger partial charge on any atom is 0.303 e. The standard InChI is InChI=1S/C18H19N3O6S2/c19-29(26,27)15-7-3-13(4-8-15)21-17(23)11-28-14-5-1-12(2-6-14)20-16(22)9-10-18(24)25/h1-8H,9-11H2,(H,20,22)(H,21,23)(H,24,25)(H2,19,26,27). The van der Waals surface area contributed by atoms with E-state index in [1.807, 2.05) is 0 Å². The highest BCUT2D eigenvalue weighted by atomic mass is 32.2. The minimum Gasteiger partial charge on any atom is -0.481 e. The summed E-state index contributed by atoms with van der Waals surface area (Å²) in [6.07, 6.45) is -0.343. The molecule has 2 rings (SSSR count). The van der Waals surface area contributed by atoms with E-state index in [2.05, 4.69) is 10.6 Å². The molecule has 29 heavy (non-hydrogen) atoms. The summed E-state index contributed by atoms with van der Waals surface area (Å²) in [6.45, 7) is 0. The number of thioether (sulfide) groups is 1. The lowest BCUT2D eigenvalue weighted by Crippen LogP contribution is -2.15. The Bertz CT molecular complexity index is 989. The topological polar surface area (TPSA) is 156 Å². The summed E-state index contributed by atoms with van der Waals surface area (Å²) in [5, 5.41) is 18.8. The lowest BCUT2D eigenvalue weighted by atomic mass is 10.2. The van der Waals surface area contributed by atoms with E-state index in [1.165, 1.54) is 36.0 Å². The fraction of sp³-hybridized carbons (Fsp3) is 0.167. The molecular formula is C18H19N3O6S2. The highest BCUT2D eigenvalue weighted by Crippen LogP contribution is 2.21. The van der Waals surface area contributed by atoms with Gasteiger partial charge in [-0.2, -0.15) is 0 Å². The maximum atomic E-state index is 12.0. The number of nitrogens with one attached hydrogen (secondary N) is 2. The van der Waals surface area contributed by atoms with Crippen LogP contribution in [0.15, 0.2) is 58.3 Å². The molecule has 0 aromatic heterocycles. The summed E-state index contributed by atoms with van der Waals surface area (Å²) in [5.41, 5.74) is 0.978. The zero-order valence-corrected chi connectivity index (χ0v) is 16.8. The number of hydrogen-bond donors (Lipinski definition) is 4. The van der Waals surface area contributed by atoms with Gasteiger partial charge >= 0.3 is 5.97 Å². The highest BCUT2D eigenvalue weighted by Gasteiger charge is 2.09. The highest BCUT2D eigenvalue weighted by molar-refractivity contribution is 8.00. The SMILES string of the molecule is NS(=O)(=O)c1ccc(NC(=O)CSc2ccc(NC(=O)CCC(=O)O)cc2)cc1. The lowest BCUT2D eigenvalue weighted by Gasteiger charge is -2.07. The number of rotatable bonds is 9. The molecule has 2 aromatic carbocycles. The maximum absolute atomic E-state index is 12.0. The van der Waals surface area contributed by atoms with Crippen LogP contribution in [0, 0.1) is 0 Å². The smallest absolute Gasteiger partial charge is 0.303 e. The number of nitrogens with two attached hydrogens (primary N) is 1. The number of sulfonamides is 1. The van der Waals surface area contributed by atoms with Gasteiger partial charge in [0.2, 0.25) is 21.8 Å². The number of carboxylic acid groups (broad SMARTS) is 1. The van der Waals surface area contributed by atoms with Crippen molar-refractivity contribution in [2.24, 2.45) is 5.14 Å². The largest absolute Gasteiger partial charge is 0.481 e. The molecule has 154 valence electrons. The van der Waals surface area contributed by atoms with Gasteiger partial charge in [0.1, 0.15) is 0 Å². The van der Waals surface area contributed by atoms with Crippen LogP contribution in [0.3, 0.4) is 0 Å². The van der Waals surface area contributed by atoms with Gasteiger partial charge in [0.25, 0.3) is 0 Å². The Kier molecular flexibility index (Phi) is 7.76. The number of hydrogen-bond acceptors (Lipinski definition) is 6. The van der Waals surface area contributed by atoms with E-state index in [-0.39, 0.29) is 35.3 Å². The molecular weight excluding hydrogens is 418 g/mol. The van der Waals surface area contributed by atoms with Crippen molar-refractivity contribution < 1.29 is 27.9 Å². The van der Waals surface area contributed by atoms with E-state index in [0.717, 1.165) is 4.90 Å². The van der Waals surface area contributed by atoms with Crippen molar-refractivity contribution in [1.29, 1.82) is 0 Å². The predicted molar refractivity (Wildman–Crippen MR) is 109 cm³/mol. The predicted octanol–water partition coefficient (Wildman–Crippen LogP) is 1.87. The number of primary sulfonamides is 1. The van der Waals surface area contributed by atoms with Gasteiger partial charge in [-0.3, -0.25) is 14.4 Å². The zero-order valence-electron chi connectivity index (χ0n) is 15.1. The van der Waals surface area contributed by atoms with E-state index in [9.17, 15) is 22.8 Å². The van der Waals surface area contributed by atoms with Gasteiger partial charge in [-0.05, 0) is 48.5 Å². The molecule has 2 amide bonds. The molecule has 0 saturated heterocycles. The van der Waals surface area contributed by atoms with Crippen LogP contribution >= 0.6 is 11.8 Å². The Hall–Kier alpha value is -2.89. The summed E-state index contributed by atoms with van der Waals surface area (Å²) in [6, 6.07) is 12.3. The Morgan fingerprint density at radius 1 is 0.862 bits per heavy atom. The van der Waals surface area contributed by atoms with E-state index < -0.39 is 16.0 Å². The average molecular weight is 437 g/mol. The summed E-state index contributed by atoms with van der Waals surface area (Å²) >= 11 is 1.28. The molecule has 0 aliphatic carbocycles. The van der Waals surface area contributed by atoms with Crippen molar-refractivity contribution in [3.8, 4) is 0 Å². The van der Waals surface area contributed by atoms with Gasteiger partial charge in [0, 0.05) is 22.7 Å². The van der Waals surface area contributed by atoms with E-state index in [1.54, 1.807) is 24.3 Å². The molecule has 0 unspecified atom stereocenters. The third kappa shape index (κ3) is 7.94. The molecule has 0 fully saturated rings. The summed E-state index contributed by atoms with van der Waals surface area (Å²) in [5.74, 6) is -1.57. The minimum atomic E-state index is -3.78. The number of carbonyl (C=O) groups excluding carboxylic acids is 2. The van der Waals surface area contributed by atoms with Gasteiger partial charge in [0.15, 0.2) is 0 Å². The van der Waals surface area contributed by atoms with Crippen LogP contribution in [0.5, 0.6) is 0 Å². The number of carbonyl (C=O) groups is 3. The second-order valence-electron chi connectivity index (χ2n) is 5.87. The molecule has 0 spiro atoms. The fourth-order valence-electron chi connectivity index (χ4n) is 2.15. The van der Waals surface area contributed by atoms with Gasteiger partial charge in [-0.1, -0.05) is 0 Å². The van der Waals surface area contributed by atoms with Gasteiger partial charge in [0.05, 0.1) is 17.1 Å². The Morgan fingerprint density at radius 3 is 1.90 bits per heavy atom. The third-order valence-electron chi connectivity index (χ3n) is 3.54. The molecule has 2 aromatic rings. The first-order chi connectivity index (χ1) is 13.6. The Balaban J connectivity index is 1.81. The second-order valence-corrected chi connectivity index (χ2v) is 8.48. The molecule has 0 aliphatic rings. The monoisotopic (exact) mass is 437 g/mol. The Labute approximate surface area is 171 Å². The number of benzene rings is 2. The van der Waals surface area contributed by atoms with Crippen LogP contribution < -0.4 is 15.8 Å². The van der Waals surface area contributed by atoms with Crippen LogP contribution in [-0.2, 0) is 24.4 Å². The average Bonchev–Trinajstić information content (AvgIpc) is 2.65. The molecule has 0 bridgehead atoms. The zero-order chi connectivity index (χ0) is 21.4. The Morgan fingerprint density at radius 2 is 1.38 bits per heavy atom. The van der Waals surface area contributed by atoms with Crippen molar-refractivity contribution in [3.05, 3.63) is 48.5 Å². The van der Waals surface area contributed by atoms with Crippen molar-refractivity contribution in [1.82, 2.24) is 0 Å². The van der Waals surface area contributed by atoms with Crippen molar-refractivity contribution >= 4 is 50.9 Å². The molecule has 0 radical (unpaired) electrons. The van der Waals surface area contributed by atoms with Crippen LogP contribution in [0.1, 0.15) is 12.8 Å². The van der Waals surface area contributed by atoms with Crippen molar-refractivity contribution in [3.63, 3.8) is 0 Å². The molecule has 11 heteroatoms. The van der Waals surface area contributed by atoms with Crippen LogP contribution in [-0.4, -0.2) is 37.1 Å². The quantitative estimate of drug-likeness (QED) is 0.436. The van der Waals surface area contributed by atoms with Crippen LogP contribution in [0.4, 0.5) is 11.4 Å². The molecule has 0 saturated carbocycles. The fourth-order valence-corrected chi connectivity index (χ4v) is 3.37. The third-order valence-corrected chi connectivity index (χ3v) is 5.48. The molecule has 0 atom stereocenters. The van der Waals surface area contributed by atoms with Crippen molar-refractivity contribution in [2.45, 2.75) is 22.6 Å². The molecule has 0 heterocycles.